The number of ether oxygens (including phenoxy) is 3. The van der Waals surface area contributed by atoms with E-state index >= 15 is 0 Å². The van der Waals surface area contributed by atoms with Crippen LogP contribution in [0.25, 0.3) is 0 Å². The van der Waals surface area contributed by atoms with E-state index in [1.54, 1.807) is 38.9 Å². The van der Waals surface area contributed by atoms with Crippen molar-refractivity contribution in [2.75, 3.05) is 33.9 Å². The highest BCUT2D eigenvalue weighted by Gasteiger charge is 2.46. The van der Waals surface area contributed by atoms with E-state index in [0.29, 0.717) is 41.9 Å². The number of carboxylic acids is 1. The van der Waals surface area contributed by atoms with E-state index in [4.69, 9.17) is 25.8 Å². The number of aliphatic carboxylic acids is 1. The molecule has 11 heteroatoms. The monoisotopic (exact) mass is 491 g/mol. The number of methoxy groups -OCH3 is 2. The van der Waals surface area contributed by atoms with E-state index in [2.05, 4.69) is 32.5 Å². The molecule has 2 aliphatic rings. The number of carboxylic acid groups (broad SMARTS) is 1. The molecule has 2 aliphatic heterocycles. The number of hydrogen-bond donors (Lipinski definition) is 3. The molecule has 2 fully saturated rings. The fraction of sp³-hybridized carbons (Fsp3) is 0.565. The zero-order valence-electron chi connectivity index (χ0n) is 19.5. The third-order valence-corrected chi connectivity index (χ3v) is 7.15. The zero-order valence-corrected chi connectivity index (χ0v) is 20.3. The second kappa shape index (κ2) is 9.99. The summed E-state index contributed by atoms with van der Waals surface area (Å²) in [5, 5.41) is 16.7. The van der Waals surface area contributed by atoms with E-state index in [1.165, 1.54) is 0 Å². The van der Waals surface area contributed by atoms with Gasteiger partial charge in [0.25, 0.3) is 0 Å². The van der Waals surface area contributed by atoms with Gasteiger partial charge < -0.3 is 30.0 Å². The topological polar surface area (TPSA) is 128 Å². The van der Waals surface area contributed by atoms with E-state index in [-0.39, 0.29) is 18.4 Å². The fourth-order valence-electron chi connectivity index (χ4n) is 4.96. The van der Waals surface area contributed by atoms with Crippen molar-refractivity contribution in [2.45, 2.75) is 43.4 Å². The lowest BCUT2D eigenvalue weighted by Gasteiger charge is -2.43. The number of rotatable bonds is 8. The molecule has 2 aromatic rings. The average Bonchev–Trinajstić information content (AvgIpc) is 3.25. The van der Waals surface area contributed by atoms with E-state index in [9.17, 15) is 9.90 Å². The maximum absolute atomic E-state index is 11.6. The number of halogens is 1. The highest BCUT2D eigenvalue weighted by atomic mass is 35.5. The number of aromatic nitrogens is 3. The predicted molar refractivity (Wildman–Crippen MR) is 124 cm³/mol. The molecule has 4 atom stereocenters. The minimum atomic E-state index is -0.921. The van der Waals surface area contributed by atoms with Gasteiger partial charge in [-0.25, -0.2) is 9.97 Å². The van der Waals surface area contributed by atoms with Crippen LogP contribution in [0.2, 0.25) is 5.02 Å². The van der Waals surface area contributed by atoms with E-state index in [1.807, 2.05) is 0 Å². The van der Waals surface area contributed by atoms with E-state index < -0.39 is 17.1 Å². The first-order valence-electron chi connectivity index (χ1n) is 11.2. The number of hydrogen-bond acceptors (Lipinski definition) is 9. The largest absolute Gasteiger partial charge is 0.481 e. The third-order valence-electron chi connectivity index (χ3n) is 6.85. The smallest absolute Gasteiger partial charge is 0.305 e. The van der Waals surface area contributed by atoms with Gasteiger partial charge >= 0.3 is 5.97 Å². The molecule has 0 spiro atoms. The maximum atomic E-state index is 11.6. The number of pyridine rings is 1. The van der Waals surface area contributed by atoms with Crippen molar-refractivity contribution >= 4 is 17.6 Å². The van der Waals surface area contributed by atoms with Crippen molar-refractivity contribution < 1.29 is 24.1 Å². The van der Waals surface area contributed by atoms with Crippen LogP contribution in [0.3, 0.4) is 0 Å². The highest BCUT2D eigenvalue weighted by molar-refractivity contribution is 6.31. The van der Waals surface area contributed by atoms with Gasteiger partial charge in [-0.2, -0.15) is 0 Å². The summed E-state index contributed by atoms with van der Waals surface area (Å²) in [6.07, 6.45) is 5.62. The molecule has 0 saturated carbocycles. The molecular weight excluding hydrogens is 462 g/mol. The molecule has 4 heterocycles. The predicted octanol–water partition coefficient (Wildman–Crippen LogP) is 2.12. The molecule has 0 radical (unpaired) electrons. The van der Waals surface area contributed by atoms with Crippen LogP contribution in [-0.4, -0.2) is 66.0 Å². The van der Waals surface area contributed by atoms with Gasteiger partial charge in [0.15, 0.2) is 0 Å². The highest BCUT2D eigenvalue weighted by Crippen LogP contribution is 2.43. The van der Waals surface area contributed by atoms with Crippen LogP contribution < -0.4 is 20.1 Å². The third kappa shape index (κ3) is 4.68. The molecular formula is C23H30ClN5O5. The lowest BCUT2D eigenvalue weighted by atomic mass is 9.77. The van der Waals surface area contributed by atoms with Crippen LogP contribution >= 0.6 is 11.6 Å². The Morgan fingerprint density at radius 3 is 2.62 bits per heavy atom. The number of nitrogens with zero attached hydrogens (tertiary/aromatic N) is 3. The summed E-state index contributed by atoms with van der Waals surface area (Å²) in [4.78, 5) is 24.9. The Kier molecular flexibility index (Phi) is 7.22. The quantitative estimate of drug-likeness (QED) is 0.505. The summed E-state index contributed by atoms with van der Waals surface area (Å²) >= 11 is 6.58. The second-order valence-corrected chi connectivity index (χ2v) is 9.30. The Morgan fingerprint density at radius 1 is 1.21 bits per heavy atom. The summed E-state index contributed by atoms with van der Waals surface area (Å²) in [6.45, 7) is 4.10. The van der Waals surface area contributed by atoms with E-state index in [0.717, 1.165) is 18.7 Å². The lowest BCUT2D eigenvalue weighted by molar-refractivity contribution is -0.138. The maximum Gasteiger partial charge on any atom is 0.305 e. The van der Waals surface area contributed by atoms with Crippen LogP contribution in [0.4, 0.5) is 0 Å². The minimum absolute atomic E-state index is 0.0599. The summed E-state index contributed by atoms with van der Waals surface area (Å²) in [6, 6.07) is 1.81. The minimum Gasteiger partial charge on any atom is -0.481 e. The van der Waals surface area contributed by atoms with Crippen LogP contribution in [-0.2, 0) is 20.7 Å². The Labute approximate surface area is 203 Å². The number of nitrogens with one attached hydrogen (secondary N) is 2. The molecule has 0 unspecified atom stereocenters. The summed E-state index contributed by atoms with van der Waals surface area (Å²) in [5.74, 6) is -0.0824. The molecule has 10 nitrogen and oxygen atoms in total. The Hall–Kier alpha value is -2.53. The first-order chi connectivity index (χ1) is 16.3. The van der Waals surface area contributed by atoms with Crippen LogP contribution in [0.15, 0.2) is 24.7 Å². The molecule has 3 N–H and O–H groups in total. The van der Waals surface area contributed by atoms with Gasteiger partial charge in [0.2, 0.25) is 11.8 Å². The summed E-state index contributed by atoms with van der Waals surface area (Å²) in [7, 11) is 3.17. The van der Waals surface area contributed by atoms with Gasteiger partial charge in [-0.15, -0.1) is 0 Å². The van der Waals surface area contributed by atoms with Gasteiger partial charge in [-0.1, -0.05) is 18.5 Å². The van der Waals surface area contributed by atoms with Crippen molar-refractivity contribution in [3.63, 3.8) is 0 Å². The van der Waals surface area contributed by atoms with Crippen molar-refractivity contribution in [1.29, 1.82) is 0 Å². The SMILES string of the molecule is COc1cc([C@@]2(Oc3cnc([C@]4(CC(=O)O)C[C@@H](OC)CN4)cn3)CCNC[C@H]2C)c(Cl)cn1. The van der Waals surface area contributed by atoms with Crippen molar-refractivity contribution in [3.05, 3.63) is 40.9 Å². The molecule has 0 bridgehead atoms. The number of carbonyl (C=O) groups is 1. The Bertz CT molecular complexity index is 1030. The Balaban J connectivity index is 1.67. The fourth-order valence-corrected chi connectivity index (χ4v) is 5.22. The molecule has 2 aromatic heterocycles. The summed E-state index contributed by atoms with van der Waals surface area (Å²) in [5.41, 5.74) is -0.291. The Morgan fingerprint density at radius 2 is 2.00 bits per heavy atom. The van der Waals surface area contributed by atoms with Crippen molar-refractivity contribution in [1.82, 2.24) is 25.6 Å². The van der Waals surface area contributed by atoms with Crippen molar-refractivity contribution in [2.24, 2.45) is 5.92 Å². The standard InChI is InChI=1S/C23H30ClN5O5/c1-14-9-25-5-4-23(14,16-6-19(33-3)27-11-17(16)24)34-20-13-26-18(12-28-20)22(8-21(30)31)7-15(32-2)10-29-22/h6,11-15,25,29H,4-5,7-10H2,1-3H3,(H,30,31)/t14-,15-,22-,23-/m1/s1. The number of piperidine rings is 1. The average molecular weight is 492 g/mol. The zero-order chi connectivity index (χ0) is 24.3. The second-order valence-electron chi connectivity index (χ2n) is 8.89. The summed E-state index contributed by atoms with van der Waals surface area (Å²) < 4.78 is 17.3. The van der Waals surface area contributed by atoms with Crippen LogP contribution in [0.1, 0.15) is 37.4 Å². The van der Waals surface area contributed by atoms with Gasteiger partial charge in [0.1, 0.15) is 5.60 Å². The first-order valence-corrected chi connectivity index (χ1v) is 11.6. The van der Waals surface area contributed by atoms with Crippen LogP contribution in [0.5, 0.6) is 11.8 Å². The van der Waals surface area contributed by atoms with Crippen LogP contribution in [0, 0.1) is 5.92 Å². The molecule has 0 aliphatic carbocycles. The molecule has 0 amide bonds. The molecule has 184 valence electrons. The van der Waals surface area contributed by atoms with Gasteiger partial charge in [0.05, 0.1) is 48.3 Å². The van der Waals surface area contributed by atoms with Gasteiger partial charge in [0, 0.05) is 50.4 Å². The molecule has 2 saturated heterocycles. The molecule has 4 rings (SSSR count). The normalized spacial score (nSPS) is 29.1. The molecule has 34 heavy (non-hydrogen) atoms. The first kappa shape index (κ1) is 24.6. The van der Waals surface area contributed by atoms with Crippen molar-refractivity contribution in [3.8, 4) is 11.8 Å². The van der Waals surface area contributed by atoms with Gasteiger partial charge in [-0.05, 0) is 13.0 Å². The molecule has 0 aromatic carbocycles. The lowest BCUT2D eigenvalue weighted by Crippen LogP contribution is -2.51. The van der Waals surface area contributed by atoms with Gasteiger partial charge in [-0.3, -0.25) is 9.78 Å².